The van der Waals surface area contributed by atoms with Gasteiger partial charge in [0.1, 0.15) is 11.5 Å². The van der Waals surface area contributed by atoms with Gasteiger partial charge < -0.3 is 19.5 Å². The molecule has 2 aromatic heterocycles. The third-order valence-electron chi connectivity index (χ3n) is 6.99. The minimum absolute atomic E-state index is 0.0447. The van der Waals surface area contributed by atoms with Crippen LogP contribution in [0.1, 0.15) is 62.9 Å². The molecule has 4 N–H and O–H groups in total. The van der Waals surface area contributed by atoms with E-state index in [-0.39, 0.29) is 34.7 Å². The SMILES string of the molecule is O=C(CCCCCCCCC(=O)Nc1ccc(S(=O)(=O)NCc2ccco2)cc1)Nc1ccc(S(=O)(=O)NCc2ccco2)cc1. The number of sulfonamides is 2. The van der Waals surface area contributed by atoms with Crippen molar-refractivity contribution in [3.05, 3.63) is 96.8 Å². The van der Waals surface area contributed by atoms with Gasteiger partial charge in [0.05, 0.1) is 35.4 Å². The number of furan rings is 2. The van der Waals surface area contributed by atoms with Crippen molar-refractivity contribution in [2.75, 3.05) is 10.6 Å². The molecule has 0 aliphatic heterocycles. The Labute approximate surface area is 269 Å². The van der Waals surface area contributed by atoms with Crippen molar-refractivity contribution in [1.29, 1.82) is 0 Å². The zero-order valence-corrected chi connectivity index (χ0v) is 26.9. The molecule has 12 nitrogen and oxygen atoms in total. The topological polar surface area (TPSA) is 177 Å². The van der Waals surface area contributed by atoms with E-state index in [2.05, 4.69) is 20.1 Å². The van der Waals surface area contributed by atoms with Crippen molar-refractivity contribution in [2.24, 2.45) is 0 Å². The number of nitrogens with one attached hydrogen (secondary N) is 4. The van der Waals surface area contributed by atoms with Crippen molar-refractivity contribution < 1.29 is 35.3 Å². The summed E-state index contributed by atoms with van der Waals surface area (Å²) in [5.41, 5.74) is 1.04. The Morgan fingerprint density at radius 1 is 0.522 bits per heavy atom. The number of anilines is 2. The fraction of sp³-hybridized carbons (Fsp3) is 0.312. The van der Waals surface area contributed by atoms with E-state index >= 15 is 0 Å². The van der Waals surface area contributed by atoms with Crippen LogP contribution in [0.15, 0.2) is 104 Å². The van der Waals surface area contributed by atoms with Crippen LogP contribution in [0.4, 0.5) is 11.4 Å². The lowest BCUT2D eigenvalue weighted by atomic mass is 10.1. The third-order valence-corrected chi connectivity index (χ3v) is 9.82. The van der Waals surface area contributed by atoms with Crippen LogP contribution in [-0.2, 0) is 42.7 Å². The maximum atomic E-state index is 12.4. The van der Waals surface area contributed by atoms with E-state index in [1.165, 1.54) is 36.8 Å². The van der Waals surface area contributed by atoms with Crippen LogP contribution in [0.5, 0.6) is 0 Å². The van der Waals surface area contributed by atoms with Crippen LogP contribution >= 0.6 is 0 Å². The van der Waals surface area contributed by atoms with Crippen molar-refractivity contribution in [3.8, 4) is 0 Å². The summed E-state index contributed by atoms with van der Waals surface area (Å²) in [6.45, 7) is 0.0894. The molecule has 14 heteroatoms. The predicted octanol–water partition coefficient (Wildman–Crippen LogP) is 5.53. The highest BCUT2D eigenvalue weighted by Crippen LogP contribution is 2.17. The van der Waals surface area contributed by atoms with Gasteiger partial charge in [0.2, 0.25) is 31.9 Å². The zero-order valence-electron chi connectivity index (χ0n) is 25.2. The van der Waals surface area contributed by atoms with Crippen LogP contribution in [0.25, 0.3) is 0 Å². The normalized spacial score (nSPS) is 11.7. The van der Waals surface area contributed by atoms with Gasteiger partial charge in [0.15, 0.2) is 0 Å². The van der Waals surface area contributed by atoms with Gasteiger partial charge in [0.25, 0.3) is 0 Å². The summed E-state index contributed by atoms with van der Waals surface area (Å²) in [4.78, 5) is 24.8. The monoisotopic (exact) mass is 670 g/mol. The first-order valence-corrected chi connectivity index (χ1v) is 17.9. The smallest absolute Gasteiger partial charge is 0.240 e. The third kappa shape index (κ3) is 11.3. The summed E-state index contributed by atoms with van der Waals surface area (Å²) >= 11 is 0. The minimum Gasteiger partial charge on any atom is -0.468 e. The summed E-state index contributed by atoms with van der Waals surface area (Å²) in [5, 5.41) is 5.58. The Morgan fingerprint density at radius 3 is 1.24 bits per heavy atom. The minimum atomic E-state index is -3.71. The predicted molar refractivity (Wildman–Crippen MR) is 173 cm³/mol. The molecule has 0 saturated carbocycles. The average Bonchev–Trinajstić information content (AvgIpc) is 3.76. The van der Waals surface area contributed by atoms with E-state index in [0.29, 0.717) is 35.7 Å². The van der Waals surface area contributed by atoms with Gasteiger partial charge in [-0.2, -0.15) is 0 Å². The molecule has 0 fully saturated rings. The second-order valence-electron chi connectivity index (χ2n) is 10.6. The van der Waals surface area contributed by atoms with E-state index < -0.39 is 20.0 Å². The highest BCUT2D eigenvalue weighted by atomic mass is 32.2. The molecule has 2 heterocycles. The molecular formula is C32H38N4O8S2. The second-order valence-corrected chi connectivity index (χ2v) is 14.1. The first-order chi connectivity index (χ1) is 22.1. The van der Waals surface area contributed by atoms with E-state index in [0.717, 1.165) is 38.5 Å². The van der Waals surface area contributed by atoms with Crippen molar-refractivity contribution in [2.45, 2.75) is 74.2 Å². The number of benzene rings is 2. The Balaban J connectivity index is 1.04. The number of carbonyl (C=O) groups excluding carboxylic acids is 2. The molecule has 0 radical (unpaired) electrons. The van der Waals surface area contributed by atoms with Crippen LogP contribution in [0.3, 0.4) is 0 Å². The molecule has 246 valence electrons. The molecule has 4 aromatic rings. The molecule has 0 spiro atoms. The first-order valence-electron chi connectivity index (χ1n) is 14.9. The lowest BCUT2D eigenvalue weighted by Crippen LogP contribution is -2.23. The number of amides is 2. The second kappa shape index (κ2) is 16.9. The Bertz CT molecular complexity index is 1610. The van der Waals surface area contributed by atoms with Crippen LogP contribution in [0, 0.1) is 0 Å². The maximum Gasteiger partial charge on any atom is 0.240 e. The molecule has 0 aliphatic carbocycles. The van der Waals surface area contributed by atoms with Crippen molar-refractivity contribution >= 4 is 43.2 Å². The molecule has 0 unspecified atom stereocenters. The summed E-state index contributed by atoms with van der Waals surface area (Å²) < 4.78 is 65.0. The van der Waals surface area contributed by atoms with E-state index in [1.54, 1.807) is 48.5 Å². The van der Waals surface area contributed by atoms with Gasteiger partial charge in [-0.25, -0.2) is 26.3 Å². The van der Waals surface area contributed by atoms with Gasteiger partial charge in [-0.15, -0.1) is 0 Å². The summed E-state index contributed by atoms with van der Waals surface area (Å²) in [6.07, 6.45) is 8.73. The molecule has 2 aromatic carbocycles. The lowest BCUT2D eigenvalue weighted by Gasteiger charge is -2.09. The standard InChI is InChI=1S/C32H38N4O8S2/c37-31(35-25-13-17-29(18-14-25)45(39,40)33-23-27-9-7-21-43-27)11-5-3-1-2-4-6-12-32(38)36-26-15-19-30(20-16-26)46(41,42)34-24-28-10-8-22-44-28/h7-10,13-22,33-34H,1-6,11-12,23-24H2,(H,35,37)(H,36,38). The molecule has 0 atom stereocenters. The first kappa shape index (κ1) is 34.6. The van der Waals surface area contributed by atoms with Gasteiger partial charge in [0, 0.05) is 24.2 Å². The lowest BCUT2D eigenvalue weighted by molar-refractivity contribution is -0.117. The Kier molecular flexibility index (Phi) is 12.7. The van der Waals surface area contributed by atoms with Crippen molar-refractivity contribution in [3.63, 3.8) is 0 Å². The molecule has 0 saturated heterocycles. The molecule has 4 rings (SSSR count). The van der Waals surface area contributed by atoms with Gasteiger partial charge in [-0.3, -0.25) is 9.59 Å². The van der Waals surface area contributed by atoms with Crippen LogP contribution < -0.4 is 20.1 Å². The largest absolute Gasteiger partial charge is 0.468 e. The summed E-state index contributed by atoms with van der Waals surface area (Å²) in [7, 11) is -7.42. The fourth-order valence-corrected chi connectivity index (χ4v) is 6.47. The molecular weight excluding hydrogens is 633 g/mol. The van der Waals surface area contributed by atoms with E-state index in [1.807, 2.05) is 0 Å². The molecule has 0 bridgehead atoms. The number of carbonyl (C=O) groups is 2. The van der Waals surface area contributed by atoms with E-state index in [4.69, 9.17) is 8.83 Å². The average molecular weight is 671 g/mol. The highest BCUT2D eigenvalue weighted by molar-refractivity contribution is 7.89. The number of rotatable bonds is 19. The Hall–Kier alpha value is -4.24. The van der Waals surface area contributed by atoms with Crippen LogP contribution in [-0.4, -0.2) is 28.6 Å². The molecule has 0 aliphatic rings. The van der Waals surface area contributed by atoms with Gasteiger partial charge in [-0.1, -0.05) is 25.7 Å². The Morgan fingerprint density at radius 2 is 0.891 bits per heavy atom. The molecule has 2 amide bonds. The van der Waals surface area contributed by atoms with E-state index in [9.17, 15) is 26.4 Å². The fourth-order valence-electron chi connectivity index (χ4n) is 4.49. The van der Waals surface area contributed by atoms with Gasteiger partial charge >= 0.3 is 0 Å². The quantitative estimate of drug-likeness (QED) is 0.0942. The maximum absolute atomic E-state index is 12.4. The summed E-state index contributed by atoms with van der Waals surface area (Å²) in [5.74, 6) is 0.728. The molecule has 46 heavy (non-hydrogen) atoms. The zero-order chi connectivity index (χ0) is 32.8. The highest BCUT2D eigenvalue weighted by Gasteiger charge is 2.16. The van der Waals surface area contributed by atoms with Crippen LogP contribution in [0.2, 0.25) is 0 Å². The number of hydrogen-bond acceptors (Lipinski definition) is 8. The summed E-state index contributed by atoms with van der Waals surface area (Å²) in [6, 6.07) is 18.7. The number of unbranched alkanes of at least 4 members (excludes halogenated alkanes) is 5. The van der Waals surface area contributed by atoms with Crippen molar-refractivity contribution in [1.82, 2.24) is 9.44 Å². The number of hydrogen-bond donors (Lipinski definition) is 4. The van der Waals surface area contributed by atoms with Gasteiger partial charge in [-0.05, 0) is 85.6 Å².